The quantitative estimate of drug-likeness (QED) is 0.201. The van der Waals surface area contributed by atoms with Gasteiger partial charge in [-0.05, 0) is 83.1 Å². The number of halogens is 1. The Morgan fingerprint density at radius 3 is 2.51 bits per heavy atom. The van der Waals surface area contributed by atoms with Gasteiger partial charge in [-0.25, -0.2) is 0 Å². The number of fused-ring (bicyclic) bond motifs is 1. The van der Waals surface area contributed by atoms with Gasteiger partial charge < -0.3 is 18.9 Å². The molecule has 9 nitrogen and oxygen atoms in total. The molecule has 0 radical (unpaired) electrons. The fraction of sp³-hybridized carbons (Fsp3) is 0.357. The first-order valence-electron chi connectivity index (χ1n) is 12.7. The molecule has 39 heavy (non-hydrogen) atoms. The van der Waals surface area contributed by atoms with E-state index in [0.29, 0.717) is 52.9 Å². The van der Waals surface area contributed by atoms with Crippen LogP contribution < -0.4 is 18.9 Å². The van der Waals surface area contributed by atoms with Gasteiger partial charge in [-0.3, -0.25) is 10.2 Å². The molecule has 0 spiro atoms. The van der Waals surface area contributed by atoms with Crippen LogP contribution in [0.3, 0.4) is 0 Å². The highest BCUT2D eigenvalue weighted by Crippen LogP contribution is 2.38. The minimum Gasteiger partial charge on any atom is -0.493 e. The lowest BCUT2D eigenvalue weighted by Gasteiger charge is -2.20. The van der Waals surface area contributed by atoms with Gasteiger partial charge in [0.15, 0.2) is 28.8 Å². The van der Waals surface area contributed by atoms with Crippen LogP contribution in [0, 0.1) is 14.9 Å². The maximum Gasteiger partial charge on any atom is 0.283 e. The number of nitrogens with one attached hydrogen (secondary N) is 1. The summed E-state index contributed by atoms with van der Waals surface area (Å²) in [5, 5.41) is 16.3. The van der Waals surface area contributed by atoms with Crippen LogP contribution in [-0.2, 0) is 4.79 Å². The Hall–Kier alpha value is -3.06. The molecule has 1 saturated carbocycles. The highest BCUT2D eigenvalue weighted by Gasteiger charge is 2.38. The zero-order valence-corrected chi connectivity index (χ0v) is 24.7. The zero-order valence-electron chi connectivity index (χ0n) is 21.7. The predicted molar refractivity (Wildman–Crippen MR) is 161 cm³/mol. The molecule has 11 heteroatoms. The lowest BCUT2D eigenvalue weighted by atomic mass is 9.90. The number of thioether (sulfide) groups is 1. The maximum absolute atomic E-state index is 12.9. The first-order valence-corrected chi connectivity index (χ1v) is 14.6. The van der Waals surface area contributed by atoms with Crippen molar-refractivity contribution >= 4 is 62.4 Å². The molecule has 2 aromatic rings. The van der Waals surface area contributed by atoms with Crippen LogP contribution in [0.1, 0.15) is 37.7 Å². The van der Waals surface area contributed by atoms with Gasteiger partial charge in [-0.2, -0.15) is 15.1 Å². The van der Waals surface area contributed by atoms with E-state index in [1.165, 1.54) is 36.0 Å². The number of para-hydroxylation sites is 2. The van der Waals surface area contributed by atoms with Crippen LogP contribution in [0.15, 0.2) is 52.1 Å². The van der Waals surface area contributed by atoms with E-state index in [9.17, 15) is 4.79 Å². The van der Waals surface area contributed by atoms with Gasteiger partial charge in [0.2, 0.25) is 5.17 Å². The molecule has 1 aliphatic carbocycles. The second-order valence-corrected chi connectivity index (χ2v) is 11.3. The zero-order chi connectivity index (χ0) is 27.4. The lowest BCUT2D eigenvalue weighted by molar-refractivity contribution is -0.114. The fourth-order valence-electron chi connectivity index (χ4n) is 4.68. The maximum atomic E-state index is 12.9. The summed E-state index contributed by atoms with van der Waals surface area (Å²) in [7, 11) is 3.16. The van der Waals surface area contributed by atoms with Gasteiger partial charge in [0.1, 0.15) is 18.3 Å². The number of amidine groups is 2. The average molecular weight is 661 g/mol. The van der Waals surface area contributed by atoms with Crippen molar-refractivity contribution in [2.45, 2.75) is 32.1 Å². The monoisotopic (exact) mass is 660 g/mol. The molecule has 0 bridgehead atoms. The van der Waals surface area contributed by atoms with E-state index in [4.69, 9.17) is 24.4 Å². The van der Waals surface area contributed by atoms with E-state index in [2.05, 4.69) is 32.7 Å². The van der Waals surface area contributed by atoms with E-state index < -0.39 is 5.91 Å². The van der Waals surface area contributed by atoms with Crippen molar-refractivity contribution in [3.8, 4) is 23.0 Å². The molecule has 0 saturated heterocycles. The molecule has 2 aliphatic heterocycles. The third-order valence-electron chi connectivity index (χ3n) is 6.64. The van der Waals surface area contributed by atoms with Crippen LogP contribution >= 0.6 is 34.4 Å². The summed E-state index contributed by atoms with van der Waals surface area (Å²) in [6.45, 7) is 0.605. The summed E-state index contributed by atoms with van der Waals surface area (Å²) < 4.78 is 23.5. The Balaban J connectivity index is 1.29. The highest BCUT2D eigenvalue weighted by atomic mass is 127. The van der Waals surface area contributed by atoms with Crippen molar-refractivity contribution in [2.75, 3.05) is 27.4 Å². The number of nitrogens with zero attached hydrogens (tertiary/aromatic N) is 3. The van der Waals surface area contributed by atoms with E-state index in [0.717, 1.165) is 21.5 Å². The number of hydrazone groups is 1. The summed E-state index contributed by atoms with van der Waals surface area (Å²) in [6, 6.07) is 11.1. The summed E-state index contributed by atoms with van der Waals surface area (Å²) >= 11 is 3.59. The Bertz CT molecular complexity index is 1370. The molecule has 0 aromatic heterocycles. The predicted octanol–water partition coefficient (Wildman–Crippen LogP) is 5.97. The standard InChI is InChI=1S/C28H29IN4O5S/c1-35-21-10-6-7-11-22(21)37-12-13-38-24-20(29)15-17(16-23(24)36-2)14-19-25(30)33-28(31-26(19)34)39-27(32-33)18-8-4-3-5-9-18/h6-7,10-11,14-16,18,30H,3-5,8-9,12-13H2,1-2H3. The Morgan fingerprint density at radius 2 is 1.77 bits per heavy atom. The number of benzene rings is 2. The second kappa shape index (κ2) is 12.4. The van der Waals surface area contributed by atoms with Gasteiger partial charge in [0.25, 0.3) is 5.91 Å². The van der Waals surface area contributed by atoms with Crippen LogP contribution in [0.4, 0.5) is 0 Å². The average Bonchev–Trinajstić information content (AvgIpc) is 3.39. The normalized spacial score (nSPS) is 18.5. The Labute approximate surface area is 245 Å². The molecule has 0 unspecified atom stereocenters. The topological polar surface area (TPSA) is 106 Å². The lowest BCUT2D eigenvalue weighted by Crippen LogP contribution is -2.35. The van der Waals surface area contributed by atoms with Gasteiger partial charge in [-0.1, -0.05) is 31.4 Å². The molecule has 1 fully saturated rings. The highest BCUT2D eigenvalue weighted by molar-refractivity contribution is 14.1. The minimum atomic E-state index is -0.443. The summed E-state index contributed by atoms with van der Waals surface area (Å²) in [5.41, 5.74) is 0.883. The van der Waals surface area contributed by atoms with E-state index >= 15 is 0 Å². The van der Waals surface area contributed by atoms with Gasteiger partial charge in [-0.15, -0.1) is 0 Å². The molecule has 2 aromatic carbocycles. The molecule has 1 amide bonds. The van der Waals surface area contributed by atoms with Crippen molar-refractivity contribution in [1.29, 1.82) is 5.41 Å². The minimum absolute atomic E-state index is 0.0334. The van der Waals surface area contributed by atoms with E-state index in [-0.39, 0.29) is 11.4 Å². The molecule has 3 aliphatic rings. The second-order valence-electron chi connectivity index (χ2n) is 9.18. The van der Waals surface area contributed by atoms with Crippen LogP contribution in [0.5, 0.6) is 23.0 Å². The number of ether oxygens (including phenoxy) is 4. The molecule has 204 valence electrons. The third kappa shape index (κ3) is 6.08. The van der Waals surface area contributed by atoms with Crippen molar-refractivity contribution in [2.24, 2.45) is 16.0 Å². The largest absolute Gasteiger partial charge is 0.493 e. The number of hydrogen-bond donors (Lipinski definition) is 1. The van der Waals surface area contributed by atoms with E-state index in [1.807, 2.05) is 30.3 Å². The SMILES string of the molecule is COc1ccccc1OCCOc1c(I)cc(C=C2C(=N)N3N=C(C4CCCCC4)SC3=NC2=O)cc1OC. The van der Waals surface area contributed by atoms with Crippen molar-refractivity contribution in [3.63, 3.8) is 0 Å². The van der Waals surface area contributed by atoms with Crippen molar-refractivity contribution < 1.29 is 23.7 Å². The summed E-state index contributed by atoms with van der Waals surface area (Å²) in [5.74, 6) is 2.36. The number of rotatable bonds is 9. The third-order valence-corrected chi connectivity index (χ3v) is 8.52. The molecular formula is C28H29IN4O5S. The van der Waals surface area contributed by atoms with Gasteiger partial charge >= 0.3 is 0 Å². The summed E-state index contributed by atoms with van der Waals surface area (Å²) in [4.78, 5) is 17.2. The number of carbonyl (C=O) groups excluding carboxylic acids is 1. The molecule has 0 atom stereocenters. The summed E-state index contributed by atoms with van der Waals surface area (Å²) in [6.07, 6.45) is 7.47. The Kier molecular flexibility index (Phi) is 8.75. The molecule has 2 heterocycles. The number of amides is 1. The van der Waals surface area contributed by atoms with Crippen LogP contribution in [0.2, 0.25) is 0 Å². The van der Waals surface area contributed by atoms with Crippen LogP contribution in [-0.4, -0.2) is 54.4 Å². The Morgan fingerprint density at radius 1 is 1.05 bits per heavy atom. The number of aliphatic imine (C=N–C) groups is 1. The fourth-order valence-corrected chi connectivity index (χ4v) is 6.52. The number of methoxy groups -OCH3 is 2. The van der Waals surface area contributed by atoms with Crippen LogP contribution in [0.25, 0.3) is 6.08 Å². The molecular weight excluding hydrogens is 631 g/mol. The molecule has 1 N–H and O–H groups in total. The van der Waals surface area contributed by atoms with Crippen molar-refractivity contribution in [3.05, 3.63) is 51.1 Å². The van der Waals surface area contributed by atoms with Gasteiger partial charge in [0, 0.05) is 5.92 Å². The van der Waals surface area contributed by atoms with Crippen molar-refractivity contribution in [1.82, 2.24) is 5.01 Å². The number of hydrogen-bond acceptors (Lipinski definition) is 8. The molecule has 5 rings (SSSR count). The first-order chi connectivity index (χ1) is 19.0. The van der Waals surface area contributed by atoms with E-state index in [1.54, 1.807) is 26.4 Å². The smallest absolute Gasteiger partial charge is 0.283 e. The first kappa shape index (κ1) is 27.5. The number of carbonyl (C=O) groups is 1. The van der Waals surface area contributed by atoms with Gasteiger partial charge in [0.05, 0.1) is 23.4 Å².